The zero-order valence-corrected chi connectivity index (χ0v) is 17.8. The van der Waals surface area contributed by atoms with Gasteiger partial charge in [-0.2, -0.15) is 8.78 Å². The van der Waals surface area contributed by atoms with Crippen LogP contribution in [0.1, 0.15) is 42.3 Å². The van der Waals surface area contributed by atoms with Gasteiger partial charge in [0, 0.05) is 41.4 Å². The van der Waals surface area contributed by atoms with Gasteiger partial charge in [0.2, 0.25) is 5.88 Å². The number of imidazole rings is 1. The SMILES string of the molecule is Cc1c(Cc2ccc(-n3ccnc3C(C)C)cc2)c(OC(F)F)nc2c(F)ccc(O)c12. The molecule has 32 heavy (non-hydrogen) atoms. The van der Waals surface area contributed by atoms with Gasteiger partial charge in [-0.25, -0.2) is 14.4 Å². The predicted octanol–water partition coefficient (Wildman–Crippen LogP) is 5.89. The van der Waals surface area contributed by atoms with Crippen LogP contribution < -0.4 is 4.74 Å². The van der Waals surface area contributed by atoms with E-state index in [1.54, 1.807) is 13.1 Å². The van der Waals surface area contributed by atoms with Crippen LogP contribution in [0.25, 0.3) is 16.6 Å². The molecule has 0 unspecified atom stereocenters. The maximum Gasteiger partial charge on any atom is 0.388 e. The lowest BCUT2D eigenvalue weighted by molar-refractivity contribution is -0.0532. The van der Waals surface area contributed by atoms with Gasteiger partial charge in [0.05, 0.1) is 0 Å². The summed E-state index contributed by atoms with van der Waals surface area (Å²) in [6.45, 7) is 2.64. The largest absolute Gasteiger partial charge is 0.507 e. The van der Waals surface area contributed by atoms with Crippen LogP contribution >= 0.6 is 0 Å². The second-order valence-electron chi connectivity index (χ2n) is 7.84. The molecule has 166 valence electrons. The molecule has 0 amide bonds. The third-order valence-electron chi connectivity index (χ3n) is 5.39. The van der Waals surface area contributed by atoms with E-state index in [0.29, 0.717) is 11.1 Å². The summed E-state index contributed by atoms with van der Waals surface area (Å²) < 4.78 is 47.0. The molecule has 2 heterocycles. The van der Waals surface area contributed by atoms with Crippen molar-refractivity contribution in [2.75, 3.05) is 0 Å². The van der Waals surface area contributed by atoms with Crippen LogP contribution in [0.3, 0.4) is 0 Å². The Bertz CT molecular complexity index is 1270. The van der Waals surface area contributed by atoms with Crippen LogP contribution in [0.5, 0.6) is 11.6 Å². The summed E-state index contributed by atoms with van der Waals surface area (Å²) in [7, 11) is 0. The maximum absolute atomic E-state index is 14.3. The van der Waals surface area contributed by atoms with Crippen molar-refractivity contribution in [2.45, 2.75) is 39.7 Å². The Balaban J connectivity index is 1.75. The van der Waals surface area contributed by atoms with Crippen molar-refractivity contribution in [3.05, 3.63) is 77.1 Å². The average molecular weight is 441 g/mol. The number of benzene rings is 2. The van der Waals surface area contributed by atoms with Gasteiger partial charge in [0.1, 0.15) is 22.9 Å². The van der Waals surface area contributed by atoms with E-state index in [4.69, 9.17) is 0 Å². The molecular formula is C24H22F3N3O2. The third-order valence-corrected chi connectivity index (χ3v) is 5.39. The molecule has 0 saturated carbocycles. The third kappa shape index (κ3) is 4.00. The fourth-order valence-electron chi connectivity index (χ4n) is 3.84. The Morgan fingerprint density at radius 2 is 1.81 bits per heavy atom. The van der Waals surface area contributed by atoms with E-state index < -0.39 is 12.4 Å². The van der Waals surface area contributed by atoms with E-state index >= 15 is 0 Å². The number of halogens is 3. The van der Waals surface area contributed by atoms with Crippen molar-refractivity contribution in [2.24, 2.45) is 0 Å². The van der Waals surface area contributed by atoms with E-state index in [9.17, 15) is 18.3 Å². The highest BCUT2D eigenvalue weighted by Crippen LogP contribution is 2.36. The number of pyridine rings is 1. The number of ether oxygens (including phenoxy) is 1. The van der Waals surface area contributed by atoms with Crippen molar-refractivity contribution in [1.29, 1.82) is 0 Å². The molecular weight excluding hydrogens is 419 g/mol. The molecule has 0 saturated heterocycles. The smallest absolute Gasteiger partial charge is 0.388 e. The van der Waals surface area contributed by atoms with E-state index in [1.165, 1.54) is 6.07 Å². The van der Waals surface area contributed by atoms with E-state index in [0.717, 1.165) is 23.1 Å². The lowest BCUT2D eigenvalue weighted by Crippen LogP contribution is -2.09. The molecule has 5 nitrogen and oxygen atoms in total. The molecule has 8 heteroatoms. The van der Waals surface area contributed by atoms with Gasteiger partial charge < -0.3 is 14.4 Å². The van der Waals surface area contributed by atoms with Crippen molar-refractivity contribution >= 4 is 10.9 Å². The van der Waals surface area contributed by atoms with Crippen molar-refractivity contribution in [3.63, 3.8) is 0 Å². The van der Waals surface area contributed by atoms with Crippen LogP contribution in [0.15, 0.2) is 48.8 Å². The molecule has 1 N–H and O–H groups in total. The summed E-state index contributed by atoms with van der Waals surface area (Å²) in [5.41, 5.74) is 2.32. The number of phenolic OH excluding ortho intramolecular Hbond substituents is 1. The number of hydrogen-bond donors (Lipinski definition) is 1. The molecule has 2 aromatic heterocycles. The van der Waals surface area contributed by atoms with Gasteiger partial charge in [-0.05, 0) is 42.3 Å². The summed E-state index contributed by atoms with van der Waals surface area (Å²) >= 11 is 0. The molecule has 0 radical (unpaired) electrons. The van der Waals surface area contributed by atoms with Crippen LogP contribution in [-0.2, 0) is 6.42 Å². The van der Waals surface area contributed by atoms with Gasteiger partial charge in [0.15, 0.2) is 0 Å². The highest BCUT2D eigenvalue weighted by Gasteiger charge is 2.21. The first-order valence-electron chi connectivity index (χ1n) is 10.1. The van der Waals surface area contributed by atoms with Crippen LogP contribution in [-0.4, -0.2) is 26.3 Å². The quantitative estimate of drug-likeness (QED) is 0.405. The van der Waals surface area contributed by atoms with Crippen molar-refractivity contribution < 1.29 is 23.0 Å². The molecule has 0 atom stereocenters. The molecule has 0 aliphatic rings. The molecule has 0 bridgehead atoms. The summed E-state index contributed by atoms with van der Waals surface area (Å²) in [5.74, 6) is -0.0732. The number of alkyl halides is 2. The fourth-order valence-corrected chi connectivity index (χ4v) is 3.84. The van der Waals surface area contributed by atoms with Crippen LogP contribution in [0, 0.1) is 12.7 Å². The zero-order valence-electron chi connectivity index (χ0n) is 17.8. The molecule has 4 aromatic rings. The molecule has 0 aliphatic carbocycles. The Labute approximate surface area is 183 Å². The number of nitrogens with zero attached hydrogens (tertiary/aromatic N) is 3. The fraction of sp³-hybridized carbons (Fsp3) is 0.250. The van der Waals surface area contributed by atoms with Gasteiger partial charge in [-0.15, -0.1) is 0 Å². The zero-order chi connectivity index (χ0) is 23.0. The topological polar surface area (TPSA) is 60.2 Å². The first-order chi connectivity index (χ1) is 15.3. The maximum atomic E-state index is 14.3. The highest BCUT2D eigenvalue weighted by atomic mass is 19.3. The minimum atomic E-state index is -3.11. The Hall–Kier alpha value is -3.55. The minimum Gasteiger partial charge on any atom is -0.507 e. The van der Waals surface area contributed by atoms with E-state index in [1.807, 2.05) is 35.0 Å². The van der Waals surface area contributed by atoms with Gasteiger partial charge in [-0.1, -0.05) is 26.0 Å². The second-order valence-corrected chi connectivity index (χ2v) is 7.84. The number of phenols is 1. The Morgan fingerprint density at radius 3 is 2.47 bits per heavy atom. The standard InChI is InChI=1S/C24H22F3N3O2/c1-13(2)22-28-10-11-30(22)16-6-4-15(5-7-16)12-17-14(3)20-19(31)9-8-18(25)21(20)29-23(17)32-24(26)27/h4-11,13,24,31H,12H2,1-3H3. The average Bonchev–Trinajstić information content (AvgIpc) is 3.24. The summed E-state index contributed by atoms with van der Waals surface area (Å²) in [5, 5.41) is 10.4. The molecule has 2 aromatic carbocycles. The minimum absolute atomic E-state index is 0.173. The van der Waals surface area contributed by atoms with E-state index in [2.05, 4.69) is 28.6 Å². The first kappa shape index (κ1) is 21.7. The molecule has 4 rings (SSSR count). The second kappa shape index (κ2) is 8.53. The van der Waals surface area contributed by atoms with Crippen LogP contribution in [0.4, 0.5) is 13.2 Å². The monoisotopic (exact) mass is 441 g/mol. The van der Waals surface area contributed by atoms with Gasteiger partial charge in [0.25, 0.3) is 0 Å². The lowest BCUT2D eigenvalue weighted by Gasteiger charge is -2.16. The van der Waals surface area contributed by atoms with Crippen LogP contribution in [0.2, 0.25) is 0 Å². The normalized spacial score (nSPS) is 11.6. The summed E-state index contributed by atoms with van der Waals surface area (Å²) in [6.07, 6.45) is 3.84. The van der Waals surface area contributed by atoms with Gasteiger partial charge in [-0.3, -0.25) is 0 Å². The number of aryl methyl sites for hydroxylation is 1. The van der Waals surface area contributed by atoms with E-state index in [-0.39, 0.29) is 34.9 Å². The first-order valence-corrected chi connectivity index (χ1v) is 10.1. The van der Waals surface area contributed by atoms with Gasteiger partial charge >= 0.3 is 6.61 Å². The highest BCUT2D eigenvalue weighted by molar-refractivity contribution is 5.90. The molecule has 0 aliphatic heterocycles. The Morgan fingerprint density at radius 1 is 1.09 bits per heavy atom. The number of aromatic nitrogens is 3. The summed E-state index contributed by atoms with van der Waals surface area (Å²) in [6, 6.07) is 9.84. The summed E-state index contributed by atoms with van der Waals surface area (Å²) in [4.78, 5) is 8.36. The Kier molecular flexibility index (Phi) is 5.78. The number of hydrogen-bond acceptors (Lipinski definition) is 4. The van der Waals surface area contributed by atoms with Crippen molar-refractivity contribution in [3.8, 4) is 17.3 Å². The predicted molar refractivity (Wildman–Crippen MR) is 115 cm³/mol. The number of aromatic hydroxyl groups is 1. The number of rotatable bonds is 6. The molecule has 0 fully saturated rings. The molecule has 0 spiro atoms. The number of fused-ring (bicyclic) bond motifs is 1. The van der Waals surface area contributed by atoms with Crippen molar-refractivity contribution in [1.82, 2.24) is 14.5 Å². The lowest BCUT2D eigenvalue weighted by atomic mass is 9.97.